The number of benzene rings is 1. The Morgan fingerprint density at radius 2 is 2.21 bits per heavy atom. The van der Waals surface area contributed by atoms with Gasteiger partial charge in [-0.15, -0.1) is 11.3 Å². The van der Waals surface area contributed by atoms with E-state index in [1.165, 1.54) is 17.4 Å². The molecule has 0 aliphatic carbocycles. The molecule has 3 aromatic rings. The van der Waals surface area contributed by atoms with Gasteiger partial charge in [0.1, 0.15) is 10.8 Å². The van der Waals surface area contributed by atoms with Gasteiger partial charge in [0.2, 0.25) is 0 Å². The first kappa shape index (κ1) is 15.9. The number of esters is 1. The van der Waals surface area contributed by atoms with Gasteiger partial charge in [-0.1, -0.05) is 17.3 Å². The number of aromatic nitrogens is 2. The maximum Gasteiger partial charge on any atom is 0.331 e. The van der Waals surface area contributed by atoms with Crippen molar-refractivity contribution in [1.82, 2.24) is 10.1 Å². The van der Waals surface area contributed by atoms with E-state index < -0.39 is 18.5 Å². The first-order valence-corrected chi connectivity index (χ1v) is 7.85. The molecule has 122 valence electrons. The van der Waals surface area contributed by atoms with Crippen LogP contribution in [0.15, 0.2) is 40.9 Å². The maximum absolute atomic E-state index is 11.6. The van der Waals surface area contributed by atoms with Gasteiger partial charge in [-0.2, -0.15) is 0 Å². The normalized spacial score (nSPS) is 11.0. The van der Waals surface area contributed by atoms with Crippen LogP contribution in [0.3, 0.4) is 0 Å². The van der Waals surface area contributed by atoms with Crippen molar-refractivity contribution >= 4 is 45.3 Å². The Bertz CT molecular complexity index is 880. The average molecular weight is 343 g/mol. The molecule has 0 spiro atoms. The molecule has 0 fully saturated rings. The number of para-hydroxylation sites is 1. The van der Waals surface area contributed by atoms with Gasteiger partial charge in [0.25, 0.3) is 5.91 Å². The van der Waals surface area contributed by atoms with Crippen LogP contribution in [-0.2, 0) is 14.3 Å². The second-order valence-corrected chi connectivity index (χ2v) is 5.89. The predicted octanol–water partition coefficient (Wildman–Crippen LogP) is 2.79. The number of carbonyl (C=O) groups excluding carboxylic acids is 2. The van der Waals surface area contributed by atoms with Crippen LogP contribution in [0.5, 0.6) is 0 Å². The van der Waals surface area contributed by atoms with Gasteiger partial charge in [-0.3, -0.25) is 4.79 Å². The van der Waals surface area contributed by atoms with Crippen molar-refractivity contribution in [3.05, 3.63) is 47.2 Å². The summed E-state index contributed by atoms with van der Waals surface area (Å²) >= 11 is 1.46. The average Bonchev–Trinajstić information content (AvgIpc) is 3.16. The number of hydrogen-bond acceptors (Lipinski definition) is 7. The van der Waals surface area contributed by atoms with Crippen LogP contribution in [0.4, 0.5) is 5.82 Å². The van der Waals surface area contributed by atoms with Gasteiger partial charge < -0.3 is 14.6 Å². The highest BCUT2D eigenvalue weighted by Crippen LogP contribution is 2.22. The van der Waals surface area contributed by atoms with Crippen molar-refractivity contribution in [2.45, 2.75) is 6.92 Å². The van der Waals surface area contributed by atoms with Gasteiger partial charge >= 0.3 is 5.97 Å². The largest absolute Gasteiger partial charge is 0.452 e. The molecule has 1 aromatic carbocycles. The summed E-state index contributed by atoms with van der Waals surface area (Å²) in [4.78, 5) is 27.6. The Kier molecular flexibility index (Phi) is 4.66. The number of nitrogens with one attached hydrogen (secondary N) is 1. The predicted molar refractivity (Wildman–Crippen MR) is 89.5 cm³/mol. The summed E-state index contributed by atoms with van der Waals surface area (Å²) in [5.74, 6) is -0.273. The van der Waals surface area contributed by atoms with E-state index in [0.717, 1.165) is 10.2 Å². The van der Waals surface area contributed by atoms with Crippen LogP contribution in [0.1, 0.15) is 10.8 Å². The first-order valence-electron chi connectivity index (χ1n) is 7.04. The molecular weight excluding hydrogens is 330 g/mol. The topological polar surface area (TPSA) is 94.3 Å². The van der Waals surface area contributed by atoms with Crippen LogP contribution in [-0.4, -0.2) is 28.6 Å². The van der Waals surface area contributed by atoms with Crippen LogP contribution < -0.4 is 5.32 Å². The number of amides is 1. The second-order valence-electron chi connectivity index (χ2n) is 4.83. The number of carbonyl (C=O) groups is 2. The Labute approximate surface area is 140 Å². The van der Waals surface area contributed by atoms with Gasteiger partial charge in [0, 0.05) is 12.1 Å². The molecule has 0 saturated carbocycles. The summed E-state index contributed by atoms with van der Waals surface area (Å²) in [5.41, 5.74) is 0.873. The summed E-state index contributed by atoms with van der Waals surface area (Å²) in [6, 6.07) is 9.25. The van der Waals surface area contributed by atoms with E-state index in [-0.39, 0.29) is 5.82 Å². The molecule has 1 N–H and O–H groups in total. The smallest absolute Gasteiger partial charge is 0.331 e. The van der Waals surface area contributed by atoms with E-state index in [1.807, 2.05) is 24.3 Å². The highest BCUT2D eigenvalue weighted by Gasteiger charge is 2.08. The molecule has 3 rings (SSSR count). The van der Waals surface area contributed by atoms with Crippen molar-refractivity contribution in [2.75, 3.05) is 11.9 Å². The van der Waals surface area contributed by atoms with Crippen LogP contribution >= 0.6 is 11.3 Å². The zero-order valence-corrected chi connectivity index (χ0v) is 13.5. The van der Waals surface area contributed by atoms with Gasteiger partial charge in [0.05, 0.1) is 10.2 Å². The number of ether oxygens (including phenoxy) is 1. The molecule has 1 amide bonds. The number of hydrogen-bond donors (Lipinski definition) is 1. The number of fused-ring (bicyclic) bond motifs is 1. The number of thiazole rings is 1. The maximum atomic E-state index is 11.6. The lowest BCUT2D eigenvalue weighted by Gasteiger charge is -2.01. The molecule has 0 bridgehead atoms. The van der Waals surface area contributed by atoms with Crippen LogP contribution in [0, 0.1) is 6.92 Å². The summed E-state index contributed by atoms with van der Waals surface area (Å²) < 4.78 is 10.7. The van der Waals surface area contributed by atoms with Crippen molar-refractivity contribution in [3.63, 3.8) is 0 Å². The monoisotopic (exact) mass is 343 g/mol. The van der Waals surface area contributed by atoms with Crippen molar-refractivity contribution in [3.8, 4) is 0 Å². The molecule has 0 radical (unpaired) electrons. The molecular formula is C16H13N3O4S. The lowest BCUT2D eigenvalue weighted by molar-refractivity contribution is -0.142. The summed E-state index contributed by atoms with van der Waals surface area (Å²) in [6.07, 6.45) is 2.80. The second kappa shape index (κ2) is 7.05. The summed E-state index contributed by atoms with van der Waals surface area (Å²) in [5, 5.41) is 6.76. The van der Waals surface area contributed by atoms with Crippen molar-refractivity contribution in [2.24, 2.45) is 0 Å². The SMILES string of the molecule is Cc1cc(NC(=O)COC(=O)/C=C/c2nc3ccccc3s2)no1. The fourth-order valence-electron chi connectivity index (χ4n) is 1.89. The van der Waals surface area contributed by atoms with Crippen molar-refractivity contribution in [1.29, 1.82) is 0 Å². The molecule has 2 heterocycles. The fraction of sp³-hybridized carbons (Fsp3) is 0.125. The van der Waals surface area contributed by atoms with Gasteiger partial charge in [-0.05, 0) is 25.1 Å². The standard InChI is InChI=1S/C16H13N3O4S/c1-10-8-13(19-23-10)18-14(20)9-22-16(21)7-6-15-17-11-4-2-3-5-12(11)24-15/h2-8H,9H2,1H3,(H,18,19,20)/b7-6+. The molecule has 2 aromatic heterocycles. The molecule has 24 heavy (non-hydrogen) atoms. The van der Waals surface area contributed by atoms with E-state index in [0.29, 0.717) is 10.8 Å². The highest BCUT2D eigenvalue weighted by molar-refractivity contribution is 7.19. The van der Waals surface area contributed by atoms with E-state index in [2.05, 4.69) is 15.5 Å². The minimum absolute atomic E-state index is 0.276. The number of anilines is 1. The Balaban J connectivity index is 1.50. The first-order chi connectivity index (χ1) is 11.6. The lowest BCUT2D eigenvalue weighted by atomic mass is 10.3. The third-order valence-corrected chi connectivity index (χ3v) is 3.92. The Hall–Kier alpha value is -3.00. The molecule has 8 heteroatoms. The highest BCUT2D eigenvalue weighted by atomic mass is 32.1. The van der Waals surface area contributed by atoms with Crippen LogP contribution in [0.25, 0.3) is 16.3 Å². The Morgan fingerprint density at radius 1 is 1.38 bits per heavy atom. The quantitative estimate of drug-likeness (QED) is 0.565. The molecule has 0 aliphatic rings. The minimum atomic E-state index is -0.624. The number of rotatable bonds is 5. The molecule has 7 nitrogen and oxygen atoms in total. The van der Waals surface area contributed by atoms with Gasteiger partial charge in [0.15, 0.2) is 12.4 Å². The van der Waals surface area contributed by atoms with Crippen molar-refractivity contribution < 1.29 is 18.8 Å². The third-order valence-electron chi connectivity index (χ3n) is 2.91. The fourth-order valence-corrected chi connectivity index (χ4v) is 2.76. The lowest BCUT2D eigenvalue weighted by Crippen LogP contribution is -2.20. The molecule has 0 unspecified atom stereocenters. The minimum Gasteiger partial charge on any atom is -0.452 e. The van der Waals surface area contributed by atoms with E-state index in [9.17, 15) is 9.59 Å². The van der Waals surface area contributed by atoms with E-state index >= 15 is 0 Å². The van der Waals surface area contributed by atoms with Crippen LogP contribution in [0.2, 0.25) is 0 Å². The zero-order chi connectivity index (χ0) is 16.9. The van der Waals surface area contributed by atoms with Gasteiger partial charge in [-0.25, -0.2) is 9.78 Å². The number of nitrogens with zero attached hydrogens (tertiary/aromatic N) is 2. The van der Waals surface area contributed by atoms with E-state index in [1.54, 1.807) is 19.1 Å². The Morgan fingerprint density at radius 3 is 2.96 bits per heavy atom. The summed E-state index contributed by atoms with van der Waals surface area (Å²) in [7, 11) is 0. The number of aryl methyl sites for hydroxylation is 1. The summed E-state index contributed by atoms with van der Waals surface area (Å²) in [6.45, 7) is 1.30. The molecule has 0 saturated heterocycles. The third kappa shape index (κ3) is 4.05. The molecule has 0 atom stereocenters. The molecule has 0 aliphatic heterocycles. The zero-order valence-electron chi connectivity index (χ0n) is 12.7. The van der Waals surface area contributed by atoms with E-state index in [4.69, 9.17) is 9.26 Å².